The fourth-order valence-electron chi connectivity index (χ4n) is 6.73. The third kappa shape index (κ3) is 8.44. The van der Waals surface area contributed by atoms with E-state index in [1.807, 2.05) is 109 Å². The normalized spacial score (nSPS) is 12.7. The molecule has 0 aliphatic carbocycles. The lowest BCUT2D eigenvalue weighted by molar-refractivity contribution is -0.146. The van der Waals surface area contributed by atoms with Crippen LogP contribution in [0.3, 0.4) is 0 Å². The quantitative estimate of drug-likeness (QED) is 0.0764. The lowest BCUT2D eigenvalue weighted by Crippen LogP contribution is -2.51. The molecule has 0 aromatic heterocycles. The summed E-state index contributed by atoms with van der Waals surface area (Å²) in [5, 5.41) is 3.01. The smallest absolute Gasteiger partial charge is 0.329 e. The molecule has 268 valence electrons. The Morgan fingerprint density at radius 3 is 1.09 bits per heavy atom. The number of rotatable bonds is 16. The van der Waals surface area contributed by atoms with Crippen LogP contribution in [0.4, 0.5) is 0 Å². The molecule has 0 heterocycles. The van der Waals surface area contributed by atoms with Gasteiger partial charge in [0.25, 0.3) is 0 Å². The van der Waals surface area contributed by atoms with Gasteiger partial charge < -0.3 is 15.8 Å². The number of ether oxygens (including phenoxy) is 1. The lowest BCUT2D eigenvalue weighted by atomic mass is 9.84. The first kappa shape index (κ1) is 37.7. The second-order valence-electron chi connectivity index (χ2n) is 12.6. The zero-order valence-corrected chi connectivity index (χ0v) is 31.3. The Kier molecular flexibility index (Phi) is 12.9. The van der Waals surface area contributed by atoms with Crippen LogP contribution in [0.1, 0.15) is 40.3 Å². The summed E-state index contributed by atoms with van der Waals surface area (Å²) in [6, 6.07) is 59.8. The van der Waals surface area contributed by atoms with E-state index in [9.17, 15) is 9.59 Å². The third-order valence-corrected chi connectivity index (χ3v) is 12.6. The largest absolute Gasteiger partial charge is 0.464 e. The molecule has 0 saturated carbocycles. The number of carbonyl (C=O) groups excluding carboxylic acids is 2. The number of thioether (sulfide) groups is 2. The number of esters is 1. The molecule has 0 bridgehead atoms. The standard InChI is InChI=1S/C46H44N2O3S2/c1-2-51-44(50)42(34-53-46(38-27-15-6-16-28-38,39-29-17-7-18-30-39)40-31-19-8-20-32-40)48-43(49)41(47)33-52-45(35-21-9-3-10-22-35,36-23-11-4-12-24-36)37-25-13-5-14-26-37/h3-32,41-42H,2,33-34,47H2,1H3,(H,48,49)/t41-,42+/m1/s1. The van der Waals surface area contributed by atoms with Crippen molar-refractivity contribution in [1.82, 2.24) is 5.32 Å². The first-order valence-electron chi connectivity index (χ1n) is 17.8. The molecule has 0 fully saturated rings. The summed E-state index contributed by atoms with van der Waals surface area (Å²) in [4.78, 5) is 27.7. The second kappa shape index (κ2) is 18.1. The van der Waals surface area contributed by atoms with Gasteiger partial charge in [0.05, 0.1) is 22.1 Å². The van der Waals surface area contributed by atoms with Gasteiger partial charge in [-0.1, -0.05) is 182 Å². The zero-order chi connectivity index (χ0) is 36.9. The van der Waals surface area contributed by atoms with Crippen LogP contribution in [0.25, 0.3) is 0 Å². The van der Waals surface area contributed by atoms with Gasteiger partial charge in [0.15, 0.2) is 0 Å². The molecule has 1 amide bonds. The maximum absolute atomic E-state index is 14.1. The molecule has 6 aromatic rings. The van der Waals surface area contributed by atoms with Crippen molar-refractivity contribution in [2.75, 3.05) is 18.1 Å². The maximum Gasteiger partial charge on any atom is 0.329 e. The summed E-state index contributed by atoms with van der Waals surface area (Å²) in [5.41, 5.74) is 13.2. The number of nitrogens with one attached hydrogen (secondary N) is 1. The van der Waals surface area contributed by atoms with Crippen LogP contribution in [-0.2, 0) is 23.8 Å². The molecule has 0 aliphatic rings. The van der Waals surface area contributed by atoms with Crippen LogP contribution in [0.2, 0.25) is 0 Å². The van der Waals surface area contributed by atoms with Crippen molar-refractivity contribution in [2.24, 2.45) is 5.73 Å². The Morgan fingerprint density at radius 2 is 0.811 bits per heavy atom. The van der Waals surface area contributed by atoms with E-state index < -0.39 is 33.5 Å². The number of carbonyl (C=O) groups is 2. The molecule has 0 radical (unpaired) electrons. The lowest BCUT2D eigenvalue weighted by Gasteiger charge is -2.37. The summed E-state index contributed by atoms with van der Waals surface area (Å²) < 4.78 is 4.22. The van der Waals surface area contributed by atoms with Gasteiger partial charge in [0.1, 0.15) is 6.04 Å². The van der Waals surface area contributed by atoms with Crippen molar-refractivity contribution in [2.45, 2.75) is 28.5 Å². The molecule has 7 heteroatoms. The first-order valence-corrected chi connectivity index (χ1v) is 19.8. The average molecular weight is 737 g/mol. The third-order valence-electron chi connectivity index (χ3n) is 9.25. The summed E-state index contributed by atoms with van der Waals surface area (Å²) in [5.74, 6) is -0.382. The van der Waals surface area contributed by atoms with E-state index in [0.717, 1.165) is 33.4 Å². The maximum atomic E-state index is 14.1. The summed E-state index contributed by atoms with van der Waals surface area (Å²) in [6.45, 7) is 1.96. The van der Waals surface area contributed by atoms with Gasteiger partial charge in [-0.25, -0.2) is 4.79 Å². The Morgan fingerprint density at radius 1 is 0.528 bits per heavy atom. The molecule has 2 atom stereocenters. The Labute approximate surface area is 321 Å². The minimum absolute atomic E-state index is 0.187. The SMILES string of the molecule is CCOC(=O)[C@H](CSC(c1ccccc1)(c1ccccc1)c1ccccc1)NC(=O)[C@H](N)CSC(c1ccccc1)(c1ccccc1)c1ccccc1. The monoisotopic (exact) mass is 736 g/mol. The second-order valence-corrected chi connectivity index (χ2v) is 15.1. The van der Waals surface area contributed by atoms with Gasteiger partial charge >= 0.3 is 5.97 Å². The summed E-state index contributed by atoms with van der Waals surface area (Å²) >= 11 is 3.20. The Balaban J connectivity index is 1.30. The van der Waals surface area contributed by atoms with Crippen LogP contribution in [0.15, 0.2) is 182 Å². The summed E-state index contributed by atoms with van der Waals surface area (Å²) in [7, 11) is 0. The van der Waals surface area contributed by atoms with E-state index in [0.29, 0.717) is 0 Å². The highest BCUT2D eigenvalue weighted by Crippen LogP contribution is 2.50. The van der Waals surface area contributed by atoms with Crippen molar-refractivity contribution in [1.29, 1.82) is 0 Å². The van der Waals surface area contributed by atoms with E-state index >= 15 is 0 Å². The highest BCUT2D eigenvalue weighted by Gasteiger charge is 2.40. The average Bonchev–Trinajstić information content (AvgIpc) is 3.23. The minimum Gasteiger partial charge on any atom is -0.464 e. The molecular weight excluding hydrogens is 693 g/mol. The van der Waals surface area contributed by atoms with Gasteiger partial charge in [0, 0.05) is 11.5 Å². The molecule has 5 nitrogen and oxygen atoms in total. The van der Waals surface area contributed by atoms with Gasteiger partial charge in [-0.05, 0) is 40.3 Å². The molecule has 6 aromatic carbocycles. The molecule has 3 N–H and O–H groups in total. The molecule has 53 heavy (non-hydrogen) atoms. The molecule has 0 spiro atoms. The van der Waals surface area contributed by atoms with Crippen LogP contribution in [0, 0.1) is 0 Å². The van der Waals surface area contributed by atoms with Crippen LogP contribution < -0.4 is 11.1 Å². The van der Waals surface area contributed by atoms with E-state index in [1.54, 1.807) is 30.4 Å². The molecule has 0 unspecified atom stereocenters. The van der Waals surface area contributed by atoms with Gasteiger partial charge in [-0.15, -0.1) is 23.5 Å². The van der Waals surface area contributed by atoms with Crippen LogP contribution in [0.5, 0.6) is 0 Å². The van der Waals surface area contributed by atoms with Crippen LogP contribution >= 0.6 is 23.5 Å². The van der Waals surface area contributed by atoms with Gasteiger partial charge in [0.2, 0.25) is 5.91 Å². The van der Waals surface area contributed by atoms with Gasteiger partial charge in [-0.3, -0.25) is 4.79 Å². The van der Waals surface area contributed by atoms with E-state index in [-0.39, 0.29) is 18.1 Å². The van der Waals surface area contributed by atoms with Crippen molar-refractivity contribution < 1.29 is 14.3 Å². The van der Waals surface area contributed by atoms with Crippen LogP contribution in [-0.4, -0.2) is 42.1 Å². The van der Waals surface area contributed by atoms with E-state index in [2.05, 4.69) is 78.1 Å². The number of hydrogen-bond acceptors (Lipinski definition) is 6. The predicted octanol–water partition coefficient (Wildman–Crippen LogP) is 8.81. The fourth-order valence-corrected chi connectivity index (χ4v) is 9.76. The molecule has 0 aliphatic heterocycles. The summed E-state index contributed by atoms with van der Waals surface area (Å²) in [6.07, 6.45) is 0. The van der Waals surface area contributed by atoms with Gasteiger partial charge in [-0.2, -0.15) is 0 Å². The predicted molar refractivity (Wildman–Crippen MR) is 220 cm³/mol. The van der Waals surface area contributed by atoms with Crippen molar-refractivity contribution in [3.05, 3.63) is 215 Å². The highest BCUT2D eigenvalue weighted by molar-refractivity contribution is 8.01. The zero-order valence-electron chi connectivity index (χ0n) is 29.7. The van der Waals surface area contributed by atoms with E-state index in [4.69, 9.17) is 10.5 Å². The van der Waals surface area contributed by atoms with Crippen molar-refractivity contribution >= 4 is 35.4 Å². The number of benzene rings is 6. The number of hydrogen-bond donors (Lipinski definition) is 2. The Bertz CT molecular complexity index is 1820. The first-order chi connectivity index (χ1) is 26.0. The minimum atomic E-state index is -0.943. The Hall–Kier alpha value is -5.08. The molecule has 6 rings (SSSR count). The topological polar surface area (TPSA) is 81.4 Å². The molecular formula is C46H44N2O3S2. The van der Waals surface area contributed by atoms with Crippen molar-refractivity contribution in [3.8, 4) is 0 Å². The van der Waals surface area contributed by atoms with Crippen molar-refractivity contribution in [3.63, 3.8) is 0 Å². The fraction of sp³-hybridized carbons (Fsp3) is 0.174. The number of nitrogens with two attached hydrogens (primary N) is 1. The van der Waals surface area contributed by atoms with E-state index in [1.165, 1.54) is 0 Å². The molecule has 0 saturated heterocycles. The number of amides is 1. The highest BCUT2D eigenvalue weighted by atomic mass is 32.2.